The fraction of sp³-hybridized carbons (Fsp3) is 0.250. The number of benzene rings is 2. The SMILES string of the molecule is CCc1ccc(OCC(=O)NC(=S)NNC(=O)COc2ccc(OC)cc2)c(Br)c1. The molecule has 0 atom stereocenters. The van der Waals surface area contributed by atoms with Crippen molar-refractivity contribution >= 4 is 45.1 Å². The first-order valence-corrected chi connectivity index (χ1v) is 10.2. The van der Waals surface area contributed by atoms with Crippen LogP contribution in [0.5, 0.6) is 17.2 Å². The summed E-state index contributed by atoms with van der Waals surface area (Å²) in [5.41, 5.74) is 5.91. The first kappa shape index (κ1) is 23.4. The van der Waals surface area contributed by atoms with E-state index in [1.54, 1.807) is 37.4 Å². The molecule has 160 valence electrons. The van der Waals surface area contributed by atoms with Crippen molar-refractivity contribution in [2.75, 3.05) is 20.3 Å². The standard InChI is InChI=1S/C20H22BrN3O5S/c1-3-13-4-9-17(16(21)10-13)29-11-18(25)22-20(30)24-23-19(26)12-28-15-7-5-14(27-2)6-8-15/h4-10H,3,11-12H2,1-2H3,(H,23,26)(H2,22,24,25,30). The Morgan fingerprint density at radius 3 is 2.27 bits per heavy atom. The Morgan fingerprint density at radius 1 is 0.967 bits per heavy atom. The van der Waals surface area contributed by atoms with E-state index in [0.29, 0.717) is 17.2 Å². The van der Waals surface area contributed by atoms with Gasteiger partial charge in [-0.25, -0.2) is 0 Å². The number of rotatable bonds is 8. The minimum absolute atomic E-state index is 0.0678. The zero-order valence-electron chi connectivity index (χ0n) is 16.5. The average Bonchev–Trinajstić information content (AvgIpc) is 2.75. The van der Waals surface area contributed by atoms with E-state index in [4.69, 9.17) is 26.4 Å². The van der Waals surface area contributed by atoms with E-state index in [9.17, 15) is 9.59 Å². The minimum atomic E-state index is -0.474. The van der Waals surface area contributed by atoms with Crippen molar-refractivity contribution in [3.8, 4) is 17.2 Å². The lowest BCUT2D eigenvalue weighted by atomic mass is 10.2. The normalized spacial score (nSPS) is 9.97. The van der Waals surface area contributed by atoms with Crippen LogP contribution in [0.15, 0.2) is 46.9 Å². The van der Waals surface area contributed by atoms with E-state index in [1.165, 1.54) is 0 Å². The van der Waals surface area contributed by atoms with Crippen LogP contribution in [0.3, 0.4) is 0 Å². The van der Waals surface area contributed by atoms with E-state index in [0.717, 1.165) is 16.5 Å². The largest absolute Gasteiger partial charge is 0.497 e. The van der Waals surface area contributed by atoms with Crippen molar-refractivity contribution < 1.29 is 23.8 Å². The maximum atomic E-state index is 11.9. The zero-order chi connectivity index (χ0) is 21.9. The molecule has 0 fully saturated rings. The second-order valence-electron chi connectivity index (χ2n) is 5.92. The predicted octanol–water partition coefficient (Wildman–Crippen LogP) is 2.50. The highest BCUT2D eigenvalue weighted by Gasteiger charge is 2.09. The number of halogens is 1. The van der Waals surface area contributed by atoms with Gasteiger partial charge in [0, 0.05) is 0 Å². The highest BCUT2D eigenvalue weighted by Crippen LogP contribution is 2.26. The molecule has 0 saturated heterocycles. The third-order valence-corrected chi connectivity index (χ3v) is 4.58. The van der Waals surface area contributed by atoms with Crippen molar-refractivity contribution in [1.82, 2.24) is 16.2 Å². The van der Waals surface area contributed by atoms with Crippen LogP contribution in [-0.4, -0.2) is 37.3 Å². The molecule has 0 saturated carbocycles. The van der Waals surface area contributed by atoms with Crippen molar-refractivity contribution in [2.24, 2.45) is 0 Å². The number of aryl methyl sites for hydroxylation is 1. The number of hydrogen-bond donors (Lipinski definition) is 3. The van der Waals surface area contributed by atoms with Gasteiger partial charge in [0.25, 0.3) is 11.8 Å². The van der Waals surface area contributed by atoms with E-state index < -0.39 is 11.8 Å². The van der Waals surface area contributed by atoms with Gasteiger partial charge in [0.1, 0.15) is 17.2 Å². The van der Waals surface area contributed by atoms with Crippen LogP contribution in [0.4, 0.5) is 0 Å². The quantitative estimate of drug-likeness (QED) is 0.382. The fourth-order valence-electron chi connectivity index (χ4n) is 2.20. The molecule has 2 rings (SSSR count). The third kappa shape index (κ3) is 7.88. The molecule has 0 radical (unpaired) electrons. The highest BCUT2D eigenvalue weighted by molar-refractivity contribution is 9.10. The van der Waals surface area contributed by atoms with Crippen LogP contribution in [0.2, 0.25) is 0 Å². The molecule has 0 aliphatic rings. The molecule has 3 N–H and O–H groups in total. The molecule has 0 bridgehead atoms. The summed E-state index contributed by atoms with van der Waals surface area (Å²) in [4.78, 5) is 23.7. The number of methoxy groups -OCH3 is 1. The molecule has 0 aliphatic heterocycles. The van der Waals surface area contributed by atoms with Crippen LogP contribution in [0.25, 0.3) is 0 Å². The van der Waals surface area contributed by atoms with Crippen molar-refractivity contribution in [1.29, 1.82) is 0 Å². The molecule has 0 aliphatic carbocycles. The molecule has 0 heterocycles. The van der Waals surface area contributed by atoms with Gasteiger partial charge in [-0.1, -0.05) is 13.0 Å². The Morgan fingerprint density at radius 2 is 1.63 bits per heavy atom. The lowest BCUT2D eigenvalue weighted by molar-refractivity contribution is -0.124. The van der Waals surface area contributed by atoms with Crippen molar-refractivity contribution in [2.45, 2.75) is 13.3 Å². The number of amides is 2. The Kier molecular flexibility index (Phi) is 9.36. The summed E-state index contributed by atoms with van der Waals surface area (Å²) in [5.74, 6) is 0.799. The number of thiocarbonyl (C=S) groups is 1. The second kappa shape index (κ2) is 12.0. The van der Waals surface area contributed by atoms with Crippen LogP contribution in [0.1, 0.15) is 12.5 Å². The Labute approximate surface area is 188 Å². The van der Waals surface area contributed by atoms with E-state index in [-0.39, 0.29) is 18.3 Å². The number of hydrogen-bond acceptors (Lipinski definition) is 6. The Hall–Kier alpha value is -2.85. The van der Waals surface area contributed by atoms with Crippen LogP contribution in [-0.2, 0) is 16.0 Å². The first-order chi connectivity index (χ1) is 14.4. The number of carbonyl (C=O) groups excluding carboxylic acids is 2. The molecule has 10 heteroatoms. The maximum absolute atomic E-state index is 11.9. The molecular weight excluding hydrogens is 474 g/mol. The lowest BCUT2D eigenvalue weighted by Crippen LogP contribution is -2.50. The number of carbonyl (C=O) groups is 2. The average molecular weight is 496 g/mol. The van der Waals surface area contributed by atoms with Gasteiger partial charge >= 0.3 is 0 Å². The molecule has 2 amide bonds. The topological polar surface area (TPSA) is 97.9 Å². The van der Waals surface area contributed by atoms with Gasteiger partial charge in [-0.2, -0.15) is 0 Å². The van der Waals surface area contributed by atoms with Gasteiger partial charge in [0.05, 0.1) is 11.6 Å². The molecule has 30 heavy (non-hydrogen) atoms. The minimum Gasteiger partial charge on any atom is -0.497 e. The Bertz CT molecular complexity index is 893. The molecule has 0 aromatic heterocycles. The van der Waals surface area contributed by atoms with Gasteiger partial charge in [0.15, 0.2) is 18.3 Å². The molecule has 8 nitrogen and oxygen atoms in total. The van der Waals surface area contributed by atoms with Crippen molar-refractivity contribution in [3.05, 3.63) is 52.5 Å². The first-order valence-electron chi connectivity index (χ1n) is 8.98. The third-order valence-electron chi connectivity index (χ3n) is 3.76. The van der Waals surface area contributed by atoms with Gasteiger partial charge < -0.3 is 14.2 Å². The highest BCUT2D eigenvalue weighted by atomic mass is 79.9. The van der Waals surface area contributed by atoms with E-state index in [1.807, 2.05) is 19.1 Å². The van der Waals surface area contributed by atoms with E-state index >= 15 is 0 Å². The predicted molar refractivity (Wildman–Crippen MR) is 120 cm³/mol. The zero-order valence-corrected chi connectivity index (χ0v) is 18.9. The summed E-state index contributed by atoms with van der Waals surface area (Å²) < 4.78 is 16.6. The number of nitrogens with one attached hydrogen (secondary N) is 3. The molecular formula is C20H22BrN3O5S. The number of hydrazine groups is 1. The van der Waals surface area contributed by atoms with E-state index in [2.05, 4.69) is 32.1 Å². The van der Waals surface area contributed by atoms with Crippen LogP contribution < -0.4 is 30.4 Å². The summed E-state index contributed by atoms with van der Waals surface area (Å²) in [6.45, 7) is 1.58. The summed E-state index contributed by atoms with van der Waals surface area (Å²) in [5, 5.41) is 2.34. The van der Waals surface area contributed by atoms with Gasteiger partial charge in [-0.15, -0.1) is 0 Å². The molecule has 0 unspecified atom stereocenters. The number of ether oxygens (including phenoxy) is 3. The second-order valence-corrected chi connectivity index (χ2v) is 7.18. The summed E-state index contributed by atoms with van der Waals surface area (Å²) in [7, 11) is 1.56. The smallest absolute Gasteiger partial charge is 0.276 e. The maximum Gasteiger partial charge on any atom is 0.276 e. The molecule has 0 spiro atoms. The molecule has 2 aromatic rings. The van der Waals surface area contributed by atoms with Crippen LogP contribution >= 0.6 is 28.1 Å². The fourth-order valence-corrected chi connectivity index (χ4v) is 2.91. The van der Waals surface area contributed by atoms with Gasteiger partial charge in [-0.3, -0.25) is 25.8 Å². The summed E-state index contributed by atoms with van der Waals surface area (Å²) >= 11 is 8.37. The van der Waals surface area contributed by atoms with Gasteiger partial charge in [0.2, 0.25) is 0 Å². The summed E-state index contributed by atoms with van der Waals surface area (Å²) in [6.07, 6.45) is 0.899. The summed E-state index contributed by atoms with van der Waals surface area (Å²) in [6, 6.07) is 12.4. The molecule has 2 aromatic carbocycles. The monoisotopic (exact) mass is 495 g/mol. The lowest BCUT2D eigenvalue weighted by Gasteiger charge is -2.12. The van der Waals surface area contributed by atoms with Gasteiger partial charge in [-0.05, 0) is 76.5 Å². The van der Waals surface area contributed by atoms with Crippen LogP contribution in [0, 0.1) is 0 Å². The Balaban J connectivity index is 1.66. The van der Waals surface area contributed by atoms with Crippen molar-refractivity contribution in [3.63, 3.8) is 0 Å².